The number of fused-ring (bicyclic) bond motifs is 6. The van der Waals surface area contributed by atoms with Crippen molar-refractivity contribution in [2.45, 2.75) is 5.41 Å². The first-order valence-electron chi connectivity index (χ1n) is 11.1. The van der Waals surface area contributed by atoms with Gasteiger partial charge < -0.3 is 4.42 Å². The number of benzene rings is 5. The summed E-state index contributed by atoms with van der Waals surface area (Å²) < 4.78 is 6.14. The van der Waals surface area contributed by atoms with Crippen LogP contribution in [0.5, 0.6) is 0 Å². The standard InChI is InChI=1S/C31H19ClO/c32-27-15-8-16-29-30(27)24-19-21(17-18-28(24)33-29)31(20-9-2-1-3-10-20)25-13-6-4-11-22(25)23-12-5-7-14-26(23)31/h1-19H. The molecular weight excluding hydrogens is 424 g/mol. The molecule has 1 heterocycles. The first-order chi connectivity index (χ1) is 16.3. The van der Waals surface area contributed by atoms with Crippen LogP contribution in [-0.4, -0.2) is 0 Å². The fourth-order valence-electron chi connectivity index (χ4n) is 5.73. The monoisotopic (exact) mass is 442 g/mol. The van der Waals surface area contributed by atoms with Crippen LogP contribution in [0.2, 0.25) is 5.02 Å². The highest BCUT2D eigenvalue weighted by Gasteiger charge is 2.45. The van der Waals surface area contributed by atoms with Crippen LogP contribution in [0.1, 0.15) is 22.3 Å². The lowest BCUT2D eigenvalue weighted by molar-refractivity contribution is 0.668. The number of hydrogen-bond donors (Lipinski definition) is 0. The van der Waals surface area contributed by atoms with Crippen molar-refractivity contribution in [3.8, 4) is 11.1 Å². The van der Waals surface area contributed by atoms with Crippen LogP contribution in [0, 0.1) is 0 Å². The van der Waals surface area contributed by atoms with Gasteiger partial charge in [0.2, 0.25) is 0 Å². The van der Waals surface area contributed by atoms with E-state index in [4.69, 9.17) is 16.0 Å². The summed E-state index contributed by atoms with van der Waals surface area (Å²) in [6.45, 7) is 0. The minimum atomic E-state index is -0.423. The van der Waals surface area contributed by atoms with Crippen molar-refractivity contribution in [2.24, 2.45) is 0 Å². The van der Waals surface area contributed by atoms with Gasteiger partial charge in [-0.15, -0.1) is 0 Å². The summed E-state index contributed by atoms with van der Waals surface area (Å²) in [6, 6.07) is 40.8. The van der Waals surface area contributed by atoms with Crippen molar-refractivity contribution in [2.75, 3.05) is 0 Å². The molecule has 0 radical (unpaired) electrons. The predicted molar refractivity (Wildman–Crippen MR) is 136 cm³/mol. The quantitative estimate of drug-likeness (QED) is 0.261. The molecule has 1 aliphatic rings. The lowest BCUT2D eigenvalue weighted by atomic mass is 9.67. The second kappa shape index (κ2) is 6.84. The molecule has 0 amide bonds. The summed E-state index contributed by atoms with van der Waals surface area (Å²) in [6.07, 6.45) is 0. The second-order valence-corrected chi connectivity index (χ2v) is 9.04. The summed E-state index contributed by atoms with van der Waals surface area (Å²) in [5.74, 6) is 0. The Labute approximate surface area is 196 Å². The third-order valence-corrected chi connectivity index (χ3v) is 7.35. The first kappa shape index (κ1) is 18.7. The summed E-state index contributed by atoms with van der Waals surface area (Å²) in [4.78, 5) is 0. The van der Waals surface area contributed by atoms with Crippen LogP contribution in [0.25, 0.3) is 33.1 Å². The molecule has 0 fully saturated rings. The van der Waals surface area contributed by atoms with Gasteiger partial charge in [0.25, 0.3) is 0 Å². The minimum Gasteiger partial charge on any atom is -0.456 e. The van der Waals surface area contributed by atoms with Gasteiger partial charge in [0.1, 0.15) is 11.2 Å². The fourth-order valence-corrected chi connectivity index (χ4v) is 6.00. The van der Waals surface area contributed by atoms with Gasteiger partial charge in [-0.1, -0.05) is 103 Å². The highest BCUT2D eigenvalue weighted by atomic mass is 35.5. The Hall–Kier alpha value is -3.81. The topological polar surface area (TPSA) is 13.1 Å². The maximum Gasteiger partial charge on any atom is 0.136 e. The molecular formula is C31H19ClO. The van der Waals surface area contributed by atoms with E-state index in [9.17, 15) is 0 Å². The average Bonchev–Trinajstić information content (AvgIpc) is 3.39. The Kier molecular flexibility index (Phi) is 3.88. The number of rotatable bonds is 2. The van der Waals surface area contributed by atoms with E-state index in [1.54, 1.807) is 0 Å². The Bertz CT molecular complexity index is 1630. The molecule has 2 heteroatoms. The van der Waals surface area contributed by atoms with Crippen LogP contribution in [-0.2, 0) is 5.41 Å². The lowest BCUT2D eigenvalue weighted by Crippen LogP contribution is -2.28. The van der Waals surface area contributed by atoms with E-state index in [0.29, 0.717) is 5.02 Å². The van der Waals surface area contributed by atoms with Gasteiger partial charge in [0.05, 0.1) is 10.4 Å². The lowest BCUT2D eigenvalue weighted by Gasteiger charge is -2.33. The molecule has 0 N–H and O–H groups in total. The van der Waals surface area contributed by atoms with Crippen LogP contribution in [0.15, 0.2) is 120 Å². The third-order valence-electron chi connectivity index (χ3n) is 7.04. The van der Waals surface area contributed by atoms with Gasteiger partial charge in [-0.3, -0.25) is 0 Å². The van der Waals surface area contributed by atoms with Gasteiger partial charge in [0, 0.05) is 10.8 Å². The van der Waals surface area contributed by atoms with Gasteiger partial charge in [-0.05, 0) is 57.6 Å². The van der Waals surface area contributed by atoms with Gasteiger partial charge in [-0.25, -0.2) is 0 Å². The zero-order chi connectivity index (χ0) is 22.0. The maximum absolute atomic E-state index is 6.64. The van der Waals surface area contributed by atoms with Crippen LogP contribution in [0.4, 0.5) is 0 Å². The minimum absolute atomic E-state index is 0.423. The zero-order valence-corrected chi connectivity index (χ0v) is 18.5. The Balaban J connectivity index is 1.66. The van der Waals surface area contributed by atoms with E-state index in [1.807, 2.05) is 18.2 Å². The summed E-state index contributed by atoms with van der Waals surface area (Å²) in [5.41, 5.74) is 8.88. The molecule has 0 saturated carbocycles. The fraction of sp³-hybridized carbons (Fsp3) is 0.0323. The Morgan fingerprint density at radius 1 is 0.545 bits per heavy atom. The third kappa shape index (κ3) is 2.43. The van der Waals surface area contributed by atoms with Gasteiger partial charge in [-0.2, -0.15) is 0 Å². The Morgan fingerprint density at radius 3 is 1.94 bits per heavy atom. The molecule has 0 bridgehead atoms. The van der Waals surface area contributed by atoms with Crippen molar-refractivity contribution < 1.29 is 4.42 Å². The molecule has 156 valence electrons. The number of furan rings is 1. The molecule has 0 atom stereocenters. The normalized spacial score (nSPS) is 13.8. The summed E-state index contributed by atoms with van der Waals surface area (Å²) in [7, 11) is 0. The summed E-state index contributed by atoms with van der Waals surface area (Å²) >= 11 is 6.64. The van der Waals surface area contributed by atoms with Crippen molar-refractivity contribution in [1.29, 1.82) is 0 Å². The average molecular weight is 443 g/mol. The predicted octanol–water partition coefficient (Wildman–Crippen LogP) is 8.60. The largest absolute Gasteiger partial charge is 0.456 e. The van der Waals surface area contributed by atoms with Crippen molar-refractivity contribution in [1.82, 2.24) is 0 Å². The van der Waals surface area contributed by atoms with E-state index >= 15 is 0 Å². The SMILES string of the molecule is Clc1cccc2oc3ccc(C4(c5ccccc5)c5ccccc5-c5ccccc54)cc3c12. The molecule has 7 rings (SSSR count). The van der Waals surface area contributed by atoms with Crippen LogP contribution in [0.3, 0.4) is 0 Å². The number of hydrogen-bond acceptors (Lipinski definition) is 1. The van der Waals surface area contributed by atoms with Crippen LogP contribution >= 0.6 is 11.6 Å². The van der Waals surface area contributed by atoms with Crippen molar-refractivity contribution in [3.05, 3.63) is 143 Å². The zero-order valence-electron chi connectivity index (χ0n) is 17.8. The van der Waals surface area contributed by atoms with E-state index in [0.717, 1.165) is 21.9 Å². The van der Waals surface area contributed by atoms with Gasteiger partial charge in [0.15, 0.2) is 0 Å². The van der Waals surface area contributed by atoms with Crippen LogP contribution < -0.4 is 0 Å². The molecule has 1 aromatic heterocycles. The molecule has 1 nitrogen and oxygen atoms in total. The van der Waals surface area contributed by atoms with Crippen molar-refractivity contribution >= 4 is 33.5 Å². The molecule has 1 aliphatic carbocycles. The molecule has 0 aliphatic heterocycles. The van der Waals surface area contributed by atoms with Crippen molar-refractivity contribution in [3.63, 3.8) is 0 Å². The number of halogens is 1. The first-order valence-corrected chi connectivity index (χ1v) is 11.5. The smallest absolute Gasteiger partial charge is 0.136 e. The summed E-state index contributed by atoms with van der Waals surface area (Å²) in [5, 5.41) is 2.73. The van der Waals surface area contributed by atoms with Gasteiger partial charge >= 0.3 is 0 Å². The highest BCUT2D eigenvalue weighted by molar-refractivity contribution is 6.37. The molecule has 6 aromatic rings. The van der Waals surface area contributed by atoms with E-state index < -0.39 is 5.41 Å². The molecule has 5 aromatic carbocycles. The molecule has 0 spiro atoms. The molecule has 33 heavy (non-hydrogen) atoms. The molecule has 0 saturated heterocycles. The maximum atomic E-state index is 6.64. The highest BCUT2D eigenvalue weighted by Crippen LogP contribution is 2.56. The Morgan fingerprint density at radius 2 is 1.21 bits per heavy atom. The van der Waals surface area contributed by atoms with E-state index in [-0.39, 0.29) is 0 Å². The van der Waals surface area contributed by atoms with E-state index in [2.05, 4.69) is 97.1 Å². The second-order valence-electron chi connectivity index (χ2n) is 8.63. The van der Waals surface area contributed by atoms with E-state index in [1.165, 1.54) is 33.4 Å². The molecule has 0 unspecified atom stereocenters.